The van der Waals surface area contributed by atoms with Crippen LogP contribution in [0.3, 0.4) is 0 Å². The Labute approximate surface area is 172 Å². The van der Waals surface area contributed by atoms with Gasteiger partial charge in [-0.1, -0.05) is 55.5 Å². The summed E-state index contributed by atoms with van der Waals surface area (Å²) in [7, 11) is 0. The lowest BCUT2D eigenvalue weighted by molar-refractivity contribution is -0.120. The van der Waals surface area contributed by atoms with Gasteiger partial charge in [0.1, 0.15) is 5.82 Å². The van der Waals surface area contributed by atoms with E-state index in [1.807, 2.05) is 35.7 Å². The summed E-state index contributed by atoms with van der Waals surface area (Å²) in [6.07, 6.45) is 0.754. The monoisotopic (exact) mass is 402 g/mol. The first kappa shape index (κ1) is 18.0. The second-order valence-electron chi connectivity index (χ2n) is 7.47. The molecule has 0 spiro atoms. The van der Waals surface area contributed by atoms with E-state index in [1.54, 1.807) is 12.1 Å². The van der Waals surface area contributed by atoms with Crippen molar-refractivity contribution < 1.29 is 9.18 Å². The molecule has 0 aliphatic heterocycles. The van der Waals surface area contributed by atoms with Gasteiger partial charge in [0.25, 0.3) is 0 Å². The van der Waals surface area contributed by atoms with Crippen LogP contribution in [0.5, 0.6) is 0 Å². The second kappa shape index (κ2) is 7.08. The molecule has 3 aromatic carbocycles. The summed E-state index contributed by atoms with van der Waals surface area (Å²) in [4.78, 5) is 17.5. The first-order chi connectivity index (χ1) is 14.1. The van der Waals surface area contributed by atoms with Crippen molar-refractivity contribution in [2.24, 2.45) is 5.92 Å². The molecule has 5 heteroatoms. The van der Waals surface area contributed by atoms with Crippen molar-refractivity contribution in [2.75, 3.05) is 5.32 Å². The Kier molecular flexibility index (Phi) is 4.40. The van der Waals surface area contributed by atoms with Crippen LogP contribution in [0.2, 0.25) is 0 Å². The van der Waals surface area contributed by atoms with E-state index in [1.165, 1.54) is 28.5 Å². The third-order valence-electron chi connectivity index (χ3n) is 5.81. The highest BCUT2D eigenvalue weighted by atomic mass is 32.1. The van der Waals surface area contributed by atoms with Crippen LogP contribution >= 0.6 is 11.3 Å². The molecule has 1 N–H and O–H groups in total. The number of halogens is 1. The van der Waals surface area contributed by atoms with Gasteiger partial charge in [-0.05, 0) is 41.0 Å². The van der Waals surface area contributed by atoms with Crippen molar-refractivity contribution in [1.29, 1.82) is 0 Å². The maximum atomic E-state index is 14.1. The topological polar surface area (TPSA) is 42.0 Å². The van der Waals surface area contributed by atoms with Crippen molar-refractivity contribution in [3.05, 3.63) is 83.0 Å². The van der Waals surface area contributed by atoms with E-state index in [0.29, 0.717) is 10.5 Å². The maximum Gasteiger partial charge on any atom is 0.230 e. The number of rotatable bonds is 3. The first-order valence-corrected chi connectivity index (χ1v) is 10.5. The molecule has 1 aromatic heterocycles. The van der Waals surface area contributed by atoms with Gasteiger partial charge in [0.2, 0.25) is 5.91 Å². The third-order valence-corrected chi connectivity index (χ3v) is 6.56. The van der Waals surface area contributed by atoms with E-state index in [4.69, 9.17) is 0 Å². The number of amides is 1. The Balaban J connectivity index is 1.39. The van der Waals surface area contributed by atoms with E-state index in [0.717, 1.165) is 23.1 Å². The number of nitrogens with zero attached hydrogens (tertiary/aromatic N) is 1. The summed E-state index contributed by atoms with van der Waals surface area (Å²) in [5.74, 6) is -0.153. The molecule has 4 aromatic rings. The smallest absolute Gasteiger partial charge is 0.230 e. The Morgan fingerprint density at radius 1 is 1.07 bits per heavy atom. The standard InChI is InChI=1S/C24H19FN2OS/c1-14-16-7-3-2-6-15(16)12-20(14)23(28)27-24-26-22(13-29-24)19-10-11-21(25)18-9-5-4-8-17(18)19/h2-11,13-14,20H,12H2,1H3,(H,26,27,28)/t14-,20-/m1/s1. The molecule has 2 atom stereocenters. The average Bonchev–Trinajstić information content (AvgIpc) is 3.33. The van der Waals surface area contributed by atoms with Crippen LogP contribution in [0.1, 0.15) is 24.0 Å². The Bertz CT molecular complexity index is 1230. The number of nitrogens with one attached hydrogen (secondary N) is 1. The van der Waals surface area contributed by atoms with Crippen LogP contribution in [0.25, 0.3) is 22.0 Å². The van der Waals surface area contributed by atoms with Gasteiger partial charge in [0.15, 0.2) is 5.13 Å². The summed E-state index contributed by atoms with van der Waals surface area (Å²) in [6.45, 7) is 2.11. The van der Waals surface area contributed by atoms with E-state index < -0.39 is 0 Å². The predicted octanol–water partition coefficient (Wildman–Crippen LogP) is 6.02. The van der Waals surface area contributed by atoms with Crippen LogP contribution in [0.15, 0.2) is 66.0 Å². The molecule has 0 saturated heterocycles. The van der Waals surface area contributed by atoms with Gasteiger partial charge in [0, 0.05) is 22.2 Å². The lowest BCUT2D eigenvalue weighted by Crippen LogP contribution is -2.25. The number of hydrogen-bond donors (Lipinski definition) is 1. The van der Waals surface area contributed by atoms with Gasteiger partial charge in [0.05, 0.1) is 5.69 Å². The Hall–Kier alpha value is -3.05. The predicted molar refractivity (Wildman–Crippen MR) is 116 cm³/mol. The number of anilines is 1. The number of hydrogen-bond acceptors (Lipinski definition) is 3. The van der Waals surface area contributed by atoms with Crippen LogP contribution < -0.4 is 5.32 Å². The number of benzene rings is 3. The quantitative estimate of drug-likeness (QED) is 0.455. The number of carbonyl (C=O) groups is 1. The van der Waals surface area contributed by atoms with E-state index >= 15 is 0 Å². The van der Waals surface area contributed by atoms with Crippen LogP contribution in [0.4, 0.5) is 9.52 Å². The molecule has 3 nitrogen and oxygen atoms in total. The number of thiazole rings is 1. The molecular formula is C24H19FN2OS. The van der Waals surface area contributed by atoms with Gasteiger partial charge < -0.3 is 5.32 Å². The minimum Gasteiger partial charge on any atom is -0.302 e. The highest BCUT2D eigenvalue weighted by molar-refractivity contribution is 7.14. The fourth-order valence-corrected chi connectivity index (χ4v) is 4.97. The lowest BCUT2D eigenvalue weighted by atomic mass is 9.94. The van der Waals surface area contributed by atoms with Gasteiger partial charge in [-0.15, -0.1) is 11.3 Å². The summed E-state index contributed by atoms with van der Waals surface area (Å²) in [6, 6.07) is 18.8. The first-order valence-electron chi connectivity index (χ1n) is 9.63. The lowest BCUT2D eigenvalue weighted by Gasteiger charge is -2.14. The SMILES string of the molecule is C[C@@H]1c2ccccc2C[C@H]1C(=O)Nc1nc(-c2ccc(F)c3ccccc23)cs1. The third kappa shape index (κ3) is 3.12. The van der Waals surface area contributed by atoms with Crippen molar-refractivity contribution in [3.8, 4) is 11.3 Å². The van der Waals surface area contributed by atoms with Gasteiger partial charge in [-0.2, -0.15) is 0 Å². The molecular weight excluding hydrogens is 383 g/mol. The maximum absolute atomic E-state index is 14.1. The summed E-state index contributed by atoms with van der Waals surface area (Å²) >= 11 is 1.39. The van der Waals surface area contributed by atoms with Crippen molar-refractivity contribution in [2.45, 2.75) is 19.3 Å². The molecule has 1 aliphatic carbocycles. The summed E-state index contributed by atoms with van der Waals surface area (Å²) in [5.41, 5.74) is 4.10. The zero-order valence-electron chi connectivity index (χ0n) is 15.9. The molecule has 1 aliphatic rings. The van der Waals surface area contributed by atoms with Gasteiger partial charge >= 0.3 is 0 Å². The van der Waals surface area contributed by atoms with Crippen LogP contribution in [-0.2, 0) is 11.2 Å². The molecule has 0 bridgehead atoms. The van der Waals surface area contributed by atoms with E-state index in [9.17, 15) is 9.18 Å². The summed E-state index contributed by atoms with van der Waals surface area (Å²) < 4.78 is 14.1. The molecule has 0 saturated carbocycles. The fraction of sp³-hybridized carbons (Fsp3) is 0.167. The second-order valence-corrected chi connectivity index (χ2v) is 8.32. The van der Waals surface area contributed by atoms with Crippen LogP contribution in [0, 0.1) is 11.7 Å². The average molecular weight is 402 g/mol. The zero-order chi connectivity index (χ0) is 20.0. The molecule has 5 rings (SSSR count). The van der Waals surface area contributed by atoms with E-state index in [2.05, 4.69) is 29.4 Å². The highest BCUT2D eigenvalue weighted by Crippen LogP contribution is 2.38. The zero-order valence-corrected chi connectivity index (χ0v) is 16.7. The van der Waals surface area contributed by atoms with E-state index in [-0.39, 0.29) is 23.6 Å². The number of aromatic nitrogens is 1. The largest absolute Gasteiger partial charge is 0.302 e. The number of fused-ring (bicyclic) bond motifs is 2. The normalized spacial score (nSPS) is 18.0. The van der Waals surface area contributed by atoms with Crippen molar-refractivity contribution >= 4 is 33.1 Å². The molecule has 0 radical (unpaired) electrons. The minimum atomic E-state index is -0.247. The summed E-state index contributed by atoms with van der Waals surface area (Å²) in [5, 5.41) is 6.85. The molecule has 1 amide bonds. The van der Waals surface area contributed by atoms with Crippen LogP contribution in [-0.4, -0.2) is 10.9 Å². The molecule has 29 heavy (non-hydrogen) atoms. The molecule has 0 fully saturated rings. The van der Waals surface area contributed by atoms with Crippen molar-refractivity contribution in [1.82, 2.24) is 4.98 Å². The van der Waals surface area contributed by atoms with Gasteiger partial charge in [-0.3, -0.25) is 4.79 Å². The van der Waals surface area contributed by atoms with Gasteiger partial charge in [-0.25, -0.2) is 9.37 Å². The Morgan fingerprint density at radius 3 is 2.66 bits per heavy atom. The fourth-order valence-electron chi connectivity index (χ4n) is 4.25. The minimum absolute atomic E-state index is 0.00133. The molecule has 0 unspecified atom stereocenters. The Morgan fingerprint density at radius 2 is 1.83 bits per heavy atom. The van der Waals surface area contributed by atoms with Crippen molar-refractivity contribution in [3.63, 3.8) is 0 Å². The molecule has 1 heterocycles. The molecule has 144 valence electrons. The number of carbonyl (C=O) groups excluding carboxylic acids is 1. The highest BCUT2D eigenvalue weighted by Gasteiger charge is 2.34.